The summed E-state index contributed by atoms with van der Waals surface area (Å²) in [6, 6.07) is 7.79. The Labute approximate surface area is 191 Å². The van der Waals surface area contributed by atoms with Crippen LogP contribution in [0, 0.1) is 20.2 Å². The molecule has 9 heteroatoms. The van der Waals surface area contributed by atoms with Crippen LogP contribution in [0.3, 0.4) is 0 Å². The molecule has 174 valence electrons. The van der Waals surface area contributed by atoms with Crippen LogP contribution in [0.1, 0.15) is 57.1 Å². The summed E-state index contributed by atoms with van der Waals surface area (Å²) >= 11 is 0. The van der Waals surface area contributed by atoms with Crippen LogP contribution in [-0.2, 0) is 0 Å². The Kier molecular flexibility index (Phi) is 5.73. The normalized spacial score (nSPS) is 20.7. The number of ether oxygens (including phenoxy) is 2. The number of hydrogen-bond acceptors (Lipinski definition) is 7. The number of rotatable bonds is 7. The van der Waals surface area contributed by atoms with E-state index in [9.17, 15) is 20.2 Å². The topological polar surface area (TPSA) is 108 Å². The summed E-state index contributed by atoms with van der Waals surface area (Å²) in [7, 11) is 1.45. The molecule has 2 unspecified atom stereocenters. The molecule has 33 heavy (non-hydrogen) atoms. The van der Waals surface area contributed by atoms with Gasteiger partial charge in [0.1, 0.15) is 0 Å². The zero-order valence-corrected chi connectivity index (χ0v) is 19.2. The van der Waals surface area contributed by atoms with Crippen LogP contribution in [0.5, 0.6) is 11.5 Å². The lowest BCUT2D eigenvalue weighted by Gasteiger charge is -2.46. The van der Waals surface area contributed by atoms with E-state index in [0.29, 0.717) is 17.9 Å². The Morgan fingerprint density at radius 3 is 2.48 bits per heavy atom. The average molecular weight is 453 g/mol. The molecule has 2 aromatic carbocycles. The average Bonchev–Trinajstić information content (AvgIpc) is 3.02. The van der Waals surface area contributed by atoms with Crippen LogP contribution in [0.4, 0.5) is 17.1 Å². The van der Waals surface area contributed by atoms with Crippen molar-refractivity contribution in [1.29, 1.82) is 0 Å². The molecule has 0 N–H and O–H groups in total. The van der Waals surface area contributed by atoms with Gasteiger partial charge in [-0.2, -0.15) is 0 Å². The SMILES string of the molecule is CCCCCN1c2ccc([N+](=O)[O-])cc2C(C)C12Oc1c(cc([N+](=O)[O-])cc1OC)C=C2C. The maximum Gasteiger partial charge on any atom is 0.274 e. The van der Waals surface area contributed by atoms with Crippen molar-refractivity contribution >= 4 is 23.1 Å². The van der Waals surface area contributed by atoms with E-state index in [1.165, 1.54) is 25.3 Å². The van der Waals surface area contributed by atoms with Crippen molar-refractivity contribution in [2.45, 2.75) is 51.7 Å². The van der Waals surface area contributed by atoms with E-state index in [0.717, 1.165) is 36.1 Å². The maximum absolute atomic E-state index is 11.4. The number of nitrogens with zero attached hydrogens (tertiary/aromatic N) is 3. The number of nitro groups is 2. The van der Waals surface area contributed by atoms with Crippen LogP contribution in [-0.4, -0.2) is 29.2 Å². The molecule has 0 amide bonds. The Morgan fingerprint density at radius 1 is 1.12 bits per heavy atom. The third kappa shape index (κ3) is 3.48. The molecule has 2 aliphatic rings. The fourth-order valence-electron chi connectivity index (χ4n) is 5.03. The third-order valence-electron chi connectivity index (χ3n) is 6.65. The molecule has 9 nitrogen and oxygen atoms in total. The molecular weight excluding hydrogens is 426 g/mol. The van der Waals surface area contributed by atoms with Crippen LogP contribution < -0.4 is 14.4 Å². The van der Waals surface area contributed by atoms with E-state index >= 15 is 0 Å². The van der Waals surface area contributed by atoms with Crippen LogP contribution in [0.25, 0.3) is 6.08 Å². The number of benzene rings is 2. The standard InChI is InChI=1S/C24H27N3O6/c1-5-6-7-10-25-21-9-8-18(26(28)29)13-20(21)16(3)24(25)15(2)11-17-12-19(27(30)31)14-22(32-4)23(17)33-24/h8-9,11-14,16H,5-7,10H2,1-4H3. The molecule has 2 heterocycles. The van der Waals surface area contributed by atoms with Crippen molar-refractivity contribution in [2.75, 3.05) is 18.6 Å². The minimum absolute atomic E-state index is 0.0391. The van der Waals surface area contributed by atoms with Gasteiger partial charge < -0.3 is 14.4 Å². The summed E-state index contributed by atoms with van der Waals surface area (Å²) < 4.78 is 12.2. The third-order valence-corrected chi connectivity index (χ3v) is 6.65. The highest BCUT2D eigenvalue weighted by Crippen LogP contribution is 2.56. The van der Waals surface area contributed by atoms with Gasteiger partial charge in [0.05, 0.1) is 23.0 Å². The largest absolute Gasteiger partial charge is 0.493 e. The molecule has 0 saturated carbocycles. The first-order chi connectivity index (χ1) is 15.7. The fourth-order valence-corrected chi connectivity index (χ4v) is 5.03. The van der Waals surface area contributed by atoms with E-state index in [1.54, 1.807) is 12.1 Å². The predicted octanol–water partition coefficient (Wildman–Crippen LogP) is 5.82. The summed E-state index contributed by atoms with van der Waals surface area (Å²) in [5.74, 6) is 0.492. The van der Waals surface area contributed by atoms with Gasteiger partial charge in [0.25, 0.3) is 11.4 Å². The molecule has 0 aromatic heterocycles. The Balaban J connectivity index is 1.88. The molecule has 0 fully saturated rings. The van der Waals surface area contributed by atoms with E-state index in [2.05, 4.69) is 11.8 Å². The van der Waals surface area contributed by atoms with Crippen molar-refractivity contribution in [3.8, 4) is 11.5 Å². The van der Waals surface area contributed by atoms with Gasteiger partial charge in [-0.1, -0.05) is 26.7 Å². The lowest BCUT2D eigenvalue weighted by molar-refractivity contribution is -0.385. The zero-order valence-electron chi connectivity index (χ0n) is 19.2. The molecule has 0 radical (unpaired) electrons. The number of methoxy groups -OCH3 is 1. The quantitative estimate of drug-likeness (QED) is 0.295. The Bertz CT molecular complexity index is 1160. The molecule has 4 rings (SSSR count). The molecular formula is C24H27N3O6. The zero-order chi connectivity index (χ0) is 23.9. The highest BCUT2D eigenvalue weighted by atomic mass is 16.6. The number of anilines is 1. The highest BCUT2D eigenvalue weighted by molar-refractivity contribution is 5.76. The molecule has 2 aliphatic heterocycles. The minimum atomic E-state index is -0.915. The van der Waals surface area contributed by atoms with Gasteiger partial charge in [0, 0.05) is 41.9 Å². The predicted molar refractivity (Wildman–Crippen MR) is 125 cm³/mol. The van der Waals surface area contributed by atoms with Crippen molar-refractivity contribution in [2.24, 2.45) is 0 Å². The van der Waals surface area contributed by atoms with Gasteiger partial charge in [-0.15, -0.1) is 0 Å². The van der Waals surface area contributed by atoms with Gasteiger partial charge in [-0.05, 0) is 36.6 Å². The molecule has 1 spiro atoms. The highest BCUT2D eigenvalue weighted by Gasteiger charge is 2.55. The summed E-state index contributed by atoms with van der Waals surface area (Å²) in [5, 5.41) is 22.8. The summed E-state index contributed by atoms with van der Waals surface area (Å²) in [6.07, 6.45) is 4.93. The maximum atomic E-state index is 11.4. The molecule has 2 aromatic rings. The molecule has 0 aliphatic carbocycles. The monoisotopic (exact) mass is 453 g/mol. The van der Waals surface area contributed by atoms with E-state index < -0.39 is 10.6 Å². The van der Waals surface area contributed by atoms with Crippen LogP contribution in [0.15, 0.2) is 35.9 Å². The summed E-state index contributed by atoms with van der Waals surface area (Å²) in [4.78, 5) is 24.2. The smallest absolute Gasteiger partial charge is 0.274 e. The van der Waals surface area contributed by atoms with Crippen molar-refractivity contribution < 1.29 is 19.3 Å². The second-order valence-electron chi connectivity index (χ2n) is 8.53. The second-order valence-corrected chi connectivity index (χ2v) is 8.53. The van der Waals surface area contributed by atoms with Crippen molar-refractivity contribution in [3.63, 3.8) is 0 Å². The van der Waals surface area contributed by atoms with Gasteiger partial charge in [-0.25, -0.2) is 0 Å². The van der Waals surface area contributed by atoms with Gasteiger partial charge >= 0.3 is 0 Å². The van der Waals surface area contributed by atoms with Gasteiger partial charge in [0.2, 0.25) is 5.72 Å². The number of non-ortho nitro benzene ring substituents is 2. The minimum Gasteiger partial charge on any atom is -0.493 e. The van der Waals surface area contributed by atoms with E-state index in [4.69, 9.17) is 9.47 Å². The summed E-state index contributed by atoms with van der Waals surface area (Å²) in [5.41, 5.74) is 2.25. The Hall–Kier alpha value is -3.62. The van der Waals surface area contributed by atoms with Gasteiger partial charge in [0.15, 0.2) is 11.5 Å². The number of unbranched alkanes of at least 4 members (excludes halogenated alkanes) is 2. The number of nitro benzene ring substituents is 2. The van der Waals surface area contributed by atoms with Crippen molar-refractivity contribution in [1.82, 2.24) is 0 Å². The fraction of sp³-hybridized carbons (Fsp3) is 0.417. The second kappa shape index (κ2) is 8.38. The summed E-state index contributed by atoms with van der Waals surface area (Å²) in [6.45, 7) is 6.79. The van der Waals surface area contributed by atoms with Crippen LogP contribution in [0.2, 0.25) is 0 Å². The molecule has 2 atom stereocenters. The number of fused-ring (bicyclic) bond motifs is 2. The first-order valence-corrected chi connectivity index (χ1v) is 11.0. The molecule has 0 bridgehead atoms. The first-order valence-electron chi connectivity index (χ1n) is 11.0. The lowest BCUT2D eigenvalue weighted by atomic mass is 9.85. The van der Waals surface area contributed by atoms with Crippen molar-refractivity contribution in [3.05, 3.63) is 67.3 Å². The van der Waals surface area contributed by atoms with Gasteiger partial charge in [-0.3, -0.25) is 20.2 Å². The van der Waals surface area contributed by atoms with Crippen LogP contribution >= 0.6 is 0 Å². The first kappa shape index (κ1) is 22.6. The lowest BCUT2D eigenvalue weighted by Crippen LogP contribution is -2.55. The molecule has 0 saturated heterocycles. The Morgan fingerprint density at radius 2 is 1.85 bits per heavy atom. The van der Waals surface area contributed by atoms with E-state index in [-0.39, 0.29) is 28.0 Å². The number of hydrogen-bond donors (Lipinski definition) is 0. The van der Waals surface area contributed by atoms with E-state index in [1.807, 2.05) is 19.9 Å².